The Morgan fingerprint density at radius 3 is 2.85 bits per heavy atom. The predicted octanol–water partition coefficient (Wildman–Crippen LogP) is 1.11. The molecule has 0 aliphatic carbocycles. The van der Waals surface area contributed by atoms with Crippen molar-refractivity contribution in [1.29, 1.82) is 0 Å². The van der Waals surface area contributed by atoms with Crippen molar-refractivity contribution in [2.24, 2.45) is 5.73 Å². The van der Waals surface area contributed by atoms with Gasteiger partial charge in [0.25, 0.3) is 0 Å². The normalized spacial score (nSPS) is 15.7. The molecule has 13 heavy (non-hydrogen) atoms. The van der Waals surface area contributed by atoms with Gasteiger partial charge < -0.3 is 15.0 Å². The zero-order valence-corrected chi connectivity index (χ0v) is 8.40. The Morgan fingerprint density at radius 2 is 2.31 bits per heavy atom. The monoisotopic (exact) mass is 183 g/mol. The summed E-state index contributed by atoms with van der Waals surface area (Å²) in [5.41, 5.74) is 6.84. The number of nitrogens with zero attached hydrogens (tertiary/aromatic N) is 2. The van der Waals surface area contributed by atoms with E-state index in [0.29, 0.717) is 6.61 Å². The van der Waals surface area contributed by atoms with Gasteiger partial charge in [-0.3, -0.25) is 0 Å². The van der Waals surface area contributed by atoms with Crippen LogP contribution in [0.2, 0.25) is 0 Å². The Hall–Kier alpha value is -0.870. The first-order valence-corrected chi connectivity index (χ1v) is 4.43. The summed E-state index contributed by atoms with van der Waals surface area (Å²) in [6, 6.07) is 0.301. The van der Waals surface area contributed by atoms with Crippen LogP contribution in [0.15, 0.2) is 12.5 Å². The number of methoxy groups -OCH3 is 1. The van der Waals surface area contributed by atoms with Crippen LogP contribution in [0, 0.1) is 0 Å². The van der Waals surface area contributed by atoms with E-state index in [-0.39, 0.29) is 12.1 Å². The van der Waals surface area contributed by atoms with Gasteiger partial charge in [0, 0.05) is 19.3 Å². The molecule has 4 nitrogen and oxygen atoms in total. The van der Waals surface area contributed by atoms with Crippen LogP contribution in [-0.4, -0.2) is 23.3 Å². The third-order valence-corrected chi connectivity index (χ3v) is 2.05. The van der Waals surface area contributed by atoms with Crippen molar-refractivity contribution in [3.8, 4) is 0 Å². The van der Waals surface area contributed by atoms with Crippen LogP contribution in [-0.2, 0) is 4.74 Å². The van der Waals surface area contributed by atoms with Gasteiger partial charge >= 0.3 is 0 Å². The van der Waals surface area contributed by atoms with E-state index in [4.69, 9.17) is 10.5 Å². The zero-order valence-electron chi connectivity index (χ0n) is 8.40. The summed E-state index contributed by atoms with van der Waals surface area (Å²) in [7, 11) is 1.69. The molecule has 0 aliphatic rings. The van der Waals surface area contributed by atoms with Crippen LogP contribution >= 0.6 is 0 Å². The smallest absolute Gasteiger partial charge is 0.0952 e. The molecule has 0 aromatic carbocycles. The van der Waals surface area contributed by atoms with E-state index < -0.39 is 0 Å². The molecule has 1 aromatic heterocycles. The van der Waals surface area contributed by atoms with Crippen LogP contribution in [0.3, 0.4) is 0 Å². The maximum absolute atomic E-state index is 5.79. The van der Waals surface area contributed by atoms with Crippen molar-refractivity contribution in [2.75, 3.05) is 13.7 Å². The van der Waals surface area contributed by atoms with Gasteiger partial charge in [-0.05, 0) is 13.8 Å². The van der Waals surface area contributed by atoms with E-state index >= 15 is 0 Å². The molecule has 0 bridgehead atoms. The van der Waals surface area contributed by atoms with E-state index in [2.05, 4.69) is 11.9 Å². The summed E-state index contributed by atoms with van der Waals surface area (Å²) in [4.78, 5) is 4.07. The quantitative estimate of drug-likeness (QED) is 0.760. The molecule has 1 aromatic rings. The van der Waals surface area contributed by atoms with Crippen LogP contribution in [0.1, 0.15) is 31.6 Å². The Morgan fingerprint density at radius 1 is 1.62 bits per heavy atom. The number of imidazole rings is 1. The molecule has 2 N–H and O–H groups in total. The van der Waals surface area contributed by atoms with E-state index in [9.17, 15) is 0 Å². The Labute approximate surface area is 78.7 Å². The lowest BCUT2D eigenvalue weighted by molar-refractivity contribution is 0.160. The lowest BCUT2D eigenvalue weighted by atomic mass is 10.2. The molecular formula is C9H17N3O. The molecule has 0 amide bonds. The summed E-state index contributed by atoms with van der Waals surface area (Å²) in [6.45, 7) is 4.71. The number of hydrogen-bond acceptors (Lipinski definition) is 3. The number of nitrogens with two attached hydrogens (primary N) is 1. The predicted molar refractivity (Wildman–Crippen MR) is 51.4 cm³/mol. The molecule has 1 rings (SSSR count). The van der Waals surface area contributed by atoms with Crippen LogP contribution in [0.5, 0.6) is 0 Å². The molecule has 2 atom stereocenters. The highest BCUT2D eigenvalue weighted by Crippen LogP contribution is 2.14. The van der Waals surface area contributed by atoms with Gasteiger partial charge in [0.15, 0.2) is 0 Å². The average Bonchev–Trinajstić information content (AvgIpc) is 2.52. The molecular weight excluding hydrogens is 166 g/mol. The first-order valence-electron chi connectivity index (χ1n) is 4.43. The lowest BCUT2D eigenvalue weighted by Gasteiger charge is -2.17. The van der Waals surface area contributed by atoms with Gasteiger partial charge in [0.2, 0.25) is 0 Å². The number of aromatic nitrogens is 2. The van der Waals surface area contributed by atoms with Crippen molar-refractivity contribution >= 4 is 0 Å². The van der Waals surface area contributed by atoms with Crippen LogP contribution in [0.4, 0.5) is 0 Å². The van der Waals surface area contributed by atoms with Gasteiger partial charge in [0.05, 0.1) is 24.7 Å². The molecule has 0 radical (unpaired) electrons. The first kappa shape index (κ1) is 10.2. The van der Waals surface area contributed by atoms with E-state index in [1.54, 1.807) is 19.6 Å². The summed E-state index contributed by atoms with van der Waals surface area (Å²) < 4.78 is 7.12. The highest BCUT2D eigenvalue weighted by Gasteiger charge is 2.11. The van der Waals surface area contributed by atoms with Gasteiger partial charge in [-0.25, -0.2) is 4.98 Å². The second kappa shape index (κ2) is 4.39. The molecule has 0 saturated heterocycles. The minimum Gasteiger partial charge on any atom is -0.383 e. The Bertz CT molecular complexity index is 257. The van der Waals surface area contributed by atoms with Gasteiger partial charge in [-0.1, -0.05) is 0 Å². The van der Waals surface area contributed by atoms with E-state index in [1.165, 1.54) is 0 Å². The fourth-order valence-electron chi connectivity index (χ4n) is 1.36. The molecule has 2 unspecified atom stereocenters. The molecule has 0 spiro atoms. The van der Waals surface area contributed by atoms with E-state index in [0.717, 1.165) is 5.69 Å². The summed E-state index contributed by atoms with van der Waals surface area (Å²) in [5, 5.41) is 0. The lowest BCUT2D eigenvalue weighted by Crippen LogP contribution is -2.17. The first-order chi connectivity index (χ1) is 6.16. The van der Waals surface area contributed by atoms with Crippen molar-refractivity contribution in [3.63, 3.8) is 0 Å². The van der Waals surface area contributed by atoms with Crippen molar-refractivity contribution in [3.05, 3.63) is 18.2 Å². The van der Waals surface area contributed by atoms with Crippen molar-refractivity contribution in [1.82, 2.24) is 9.55 Å². The fraction of sp³-hybridized carbons (Fsp3) is 0.667. The van der Waals surface area contributed by atoms with Gasteiger partial charge in [0.1, 0.15) is 0 Å². The minimum atomic E-state index is 0.0156. The third kappa shape index (κ3) is 2.29. The SMILES string of the molecule is COCC(C)n1cncc1C(C)N. The molecule has 1 heterocycles. The zero-order chi connectivity index (χ0) is 9.84. The van der Waals surface area contributed by atoms with E-state index in [1.807, 2.05) is 11.5 Å². The molecule has 0 aliphatic heterocycles. The molecule has 4 heteroatoms. The van der Waals surface area contributed by atoms with Crippen molar-refractivity contribution in [2.45, 2.75) is 25.9 Å². The number of ether oxygens (including phenoxy) is 1. The average molecular weight is 183 g/mol. The van der Waals surface area contributed by atoms with Crippen LogP contribution < -0.4 is 5.73 Å². The fourth-order valence-corrected chi connectivity index (χ4v) is 1.36. The minimum absolute atomic E-state index is 0.0156. The summed E-state index contributed by atoms with van der Waals surface area (Å²) in [6.07, 6.45) is 3.60. The van der Waals surface area contributed by atoms with Crippen molar-refractivity contribution < 1.29 is 4.74 Å². The van der Waals surface area contributed by atoms with Crippen LogP contribution in [0.25, 0.3) is 0 Å². The Balaban J connectivity index is 2.80. The molecule has 0 fully saturated rings. The second-order valence-corrected chi connectivity index (χ2v) is 3.32. The highest BCUT2D eigenvalue weighted by atomic mass is 16.5. The topological polar surface area (TPSA) is 53.1 Å². The number of hydrogen-bond donors (Lipinski definition) is 1. The molecule has 74 valence electrons. The maximum Gasteiger partial charge on any atom is 0.0952 e. The highest BCUT2D eigenvalue weighted by molar-refractivity contribution is 5.04. The third-order valence-electron chi connectivity index (χ3n) is 2.05. The van der Waals surface area contributed by atoms with Gasteiger partial charge in [-0.2, -0.15) is 0 Å². The largest absolute Gasteiger partial charge is 0.383 e. The van der Waals surface area contributed by atoms with Gasteiger partial charge in [-0.15, -0.1) is 0 Å². The maximum atomic E-state index is 5.79. The molecule has 0 saturated carbocycles. The second-order valence-electron chi connectivity index (χ2n) is 3.32. The summed E-state index contributed by atoms with van der Waals surface area (Å²) in [5.74, 6) is 0. The standard InChI is InChI=1S/C9H17N3O/c1-7(5-13-3)12-6-11-4-9(12)8(2)10/h4,6-8H,5,10H2,1-3H3. The summed E-state index contributed by atoms with van der Waals surface area (Å²) >= 11 is 0. The number of rotatable bonds is 4. The Kier molecular flexibility index (Phi) is 3.45.